The Hall–Kier alpha value is -5.14. The van der Waals surface area contributed by atoms with Crippen LogP contribution in [0.25, 0.3) is 54.9 Å². The van der Waals surface area contributed by atoms with Crippen LogP contribution in [0.3, 0.4) is 0 Å². The topological polar surface area (TPSA) is 12.0 Å². The Balaban J connectivity index is 0.836. The summed E-state index contributed by atoms with van der Waals surface area (Å²) in [5, 5.41) is 9.32. The maximum Gasteiger partial charge on any atom is 0.0384 e. The third-order valence-electron chi connectivity index (χ3n) is 18.0. The monoisotopic (exact) mass is 705 g/mol. The van der Waals surface area contributed by atoms with Crippen molar-refractivity contribution in [3.05, 3.63) is 157 Å². The second kappa shape index (κ2) is 9.80. The standard InChI is InChI=1S/C54H43N/c1-2-8-28(9-3-1)29-14-19-32(20-15-29)55-33-21-16-31(17-22-33)39-26-42-44(36-13-7-6-12-35(36)39)43-34-11-5-4-10-30(34)18-25-41(43)54(42)27-40-47-50-48-45-37-23-24-38(37)46(45)49(48)51(50)52(47)53(40)54/h1-22,25-26,37-38,40,45-53,55H,23-24,27H2. The van der Waals surface area contributed by atoms with Gasteiger partial charge in [0, 0.05) is 16.8 Å². The minimum Gasteiger partial charge on any atom is -0.356 e. The third kappa shape index (κ3) is 3.24. The number of hydrogen-bond donors (Lipinski definition) is 1. The third-order valence-corrected chi connectivity index (χ3v) is 18.0. The van der Waals surface area contributed by atoms with Crippen molar-refractivity contribution < 1.29 is 0 Å². The van der Waals surface area contributed by atoms with Crippen LogP contribution >= 0.6 is 0 Å². The zero-order chi connectivity index (χ0) is 35.3. The molecule has 1 nitrogen and oxygen atoms in total. The van der Waals surface area contributed by atoms with Crippen molar-refractivity contribution in [1.29, 1.82) is 0 Å². The fourth-order valence-corrected chi connectivity index (χ4v) is 16.1. The van der Waals surface area contributed by atoms with E-state index in [9.17, 15) is 0 Å². The summed E-state index contributed by atoms with van der Waals surface area (Å²) < 4.78 is 0. The fourth-order valence-electron chi connectivity index (χ4n) is 16.1. The molecule has 0 bridgehead atoms. The second-order valence-electron chi connectivity index (χ2n) is 19.1. The summed E-state index contributed by atoms with van der Waals surface area (Å²) in [6.45, 7) is 0. The Bertz CT molecular complexity index is 2790. The molecule has 1 heteroatoms. The fraction of sp³-hybridized carbons (Fsp3) is 0.296. The summed E-state index contributed by atoms with van der Waals surface area (Å²) in [7, 11) is 0. The summed E-state index contributed by atoms with van der Waals surface area (Å²) >= 11 is 0. The summed E-state index contributed by atoms with van der Waals surface area (Å²) in [5.74, 6) is 12.8. The molecule has 13 unspecified atom stereocenters. The average Bonchev–Trinajstić information content (AvgIpc) is 3.52. The van der Waals surface area contributed by atoms with Crippen molar-refractivity contribution in [2.75, 3.05) is 5.32 Å². The normalized spacial score (nSPS) is 36.6. The SMILES string of the molecule is c1ccc(-c2ccc(Nc3ccc(-c4cc5c(c6ccccc46)-c4c(ccc6ccccc46)C54CC5C6C7C8C9C%10CCC%10C9C8C7C6C54)cc3)cc2)cc1. The molecule has 0 heterocycles. The lowest BCUT2D eigenvalue weighted by molar-refractivity contribution is -0.448. The Morgan fingerprint density at radius 3 is 1.69 bits per heavy atom. The molecule has 264 valence electrons. The maximum atomic E-state index is 3.68. The van der Waals surface area contributed by atoms with Crippen molar-refractivity contribution in [1.82, 2.24) is 0 Å². The molecule has 0 amide bonds. The number of benzene rings is 7. The Kier molecular flexibility index (Phi) is 5.20. The van der Waals surface area contributed by atoms with Gasteiger partial charge in [-0.15, -0.1) is 0 Å². The first-order valence-corrected chi connectivity index (χ1v) is 21.4. The lowest BCUT2D eigenvalue weighted by Crippen LogP contribution is -2.89. The minimum absolute atomic E-state index is 0.157. The molecule has 0 aromatic heterocycles. The molecule has 55 heavy (non-hydrogen) atoms. The molecule has 8 aliphatic rings. The predicted octanol–water partition coefficient (Wildman–Crippen LogP) is 13.0. The first kappa shape index (κ1) is 29.2. The Labute approximate surface area is 322 Å². The van der Waals surface area contributed by atoms with Gasteiger partial charge in [-0.1, -0.05) is 115 Å². The quantitative estimate of drug-likeness (QED) is 0.180. The van der Waals surface area contributed by atoms with Gasteiger partial charge in [0.25, 0.3) is 0 Å². The van der Waals surface area contributed by atoms with E-state index in [0.717, 1.165) is 82.4 Å². The van der Waals surface area contributed by atoms with E-state index in [1.165, 1.54) is 50.2 Å². The molecule has 0 saturated heterocycles. The molecule has 1 spiro atoms. The molecule has 0 radical (unpaired) electrons. The first-order valence-electron chi connectivity index (χ1n) is 21.4. The summed E-state index contributed by atoms with van der Waals surface area (Å²) in [5.41, 5.74) is 14.0. The van der Waals surface area contributed by atoms with Crippen LogP contribution in [0.4, 0.5) is 11.4 Å². The minimum atomic E-state index is 0.157. The van der Waals surface area contributed by atoms with Crippen LogP contribution in [-0.4, -0.2) is 0 Å². The molecule has 1 N–H and O–H groups in total. The van der Waals surface area contributed by atoms with E-state index in [0.29, 0.717) is 0 Å². The smallest absolute Gasteiger partial charge is 0.0384 e. The van der Waals surface area contributed by atoms with Crippen molar-refractivity contribution in [2.45, 2.75) is 24.7 Å². The maximum absolute atomic E-state index is 3.68. The van der Waals surface area contributed by atoms with Crippen LogP contribution in [0, 0.1) is 71.0 Å². The van der Waals surface area contributed by atoms with Gasteiger partial charge in [-0.2, -0.15) is 0 Å². The highest BCUT2D eigenvalue weighted by atomic mass is 14.9. The van der Waals surface area contributed by atoms with Crippen molar-refractivity contribution in [3.8, 4) is 33.4 Å². The van der Waals surface area contributed by atoms with Crippen LogP contribution < -0.4 is 5.32 Å². The molecule has 7 fully saturated rings. The van der Waals surface area contributed by atoms with Gasteiger partial charge in [0.05, 0.1) is 0 Å². The van der Waals surface area contributed by atoms with Crippen LogP contribution in [-0.2, 0) is 5.41 Å². The van der Waals surface area contributed by atoms with Gasteiger partial charge in [-0.25, -0.2) is 0 Å². The number of hydrogen-bond acceptors (Lipinski definition) is 1. The largest absolute Gasteiger partial charge is 0.356 e. The number of anilines is 2. The molecule has 7 aromatic carbocycles. The highest BCUT2D eigenvalue weighted by molar-refractivity contribution is 6.14. The van der Waals surface area contributed by atoms with Crippen LogP contribution in [0.15, 0.2) is 146 Å². The van der Waals surface area contributed by atoms with E-state index in [4.69, 9.17) is 0 Å². The van der Waals surface area contributed by atoms with E-state index >= 15 is 0 Å². The number of fused-ring (bicyclic) bond motifs is 26. The zero-order valence-corrected chi connectivity index (χ0v) is 30.9. The van der Waals surface area contributed by atoms with E-state index < -0.39 is 0 Å². The van der Waals surface area contributed by atoms with E-state index in [-0.39, 0.29) is 5.41 Å². The average molecular weight is 706 g/mol. The zero-order valence-electron chi connectivity index (χ0n) is 30.9. The van der Waals surface area contributed by atoms with Gasteiger partial charge in [-0.3, -0.25) is 0 Å². The van der Waals surface area contributed by atoms with Gasteiger partial charge >= 0.3 is 0 Å². The van der Waals surface area contributed by atoms with Crippen LogP contribution in [0.1, 0.15) is 30.4 Å². The molecular weight excluding hydrogens is 663 g/mol. The predicted molar refractivity (Wildman–Crippen MR) is 224 cm³/mol. The number of rotatable bonds is 4. The lowest BCUT2D eigenvalue weighted by atomic mass is 9.12. The van der Waals surface area contributed by atoms with Crippen molar-refractivity contribution in [2.24, 2.45) is 71.0 Å². The van der Waals surface area contributed by atoms with Gasteiger partial charge in [0.1, 0.15) is 0 Å². The van der Waals surface area contributed by atoms with E-state index in [2.05, 4.69) is 151 Å². The van der Waals surface area contributed by atoms with Crippen molar-refractivity contribution >= 4 is 32.9 Å². The van der Waals surface area contributed by atoms with E-state index in [1.54, 1.807) is 35.1 Å². The molecule has 13 atom stereocenters. The van der Waals surface area contributed by atoms with E-state index in [1.807, 2.05) is 0 Å². The van der Waals surface area contributed by atoms with Crippen LogP contribution in [0.2, 0.25) is 0 Å². The van der Waals surface area contributed by atoms with Gasteiger partial charge in [-0.05, 0) is 187 Å². The summed E-state index contributed by atoms with van der Waals surface area (Å²) in [6.07, 6.45) is 4.48. The first-order chi connectivity index (χ1) is 27.3. The second-order valence-corrected chi connectivity index (χ2v) is 19.1. The Morgan fingerprint density at radius 2 is 0.982 bits per heavy atom. The number of nitrogens with one attached hydrogen (secondary N) is 1. The van der Waals surface area contributed by atoms with Gasteiger partial charge < -0.3 is 5.32 Å². The summed E-state index contributed by atoms with van der Waals surface area (Å²) in [6, 6.07) is 55.0. The van der Waals surface area contributed by atoms with Gasteiger partial charge in [0.2, 0.25) is 0 Å². The van der Waals surface area contributed by atoms with Crippen LogP contribution in [0.5, 0.6) is 0 Å². The highest BCUT2D eigenvalue weighted by Gasteiger charge is 2.89. The summed E-state index contributed by atoms with van der Waals surface area (Å²) in [4.78, 5) is 0. The molecular formula is C54H43N. The molecule has 0 aliphatic heterocycles. The van der Waals surface area contributed by atoms with Gasteiger partial charge in [0.15, 0.2) is 0 Å². The molecule has 7 saturated carbocycles. The Morgan fingerprint density at radius 1 is 0.418 bits per heavy atom. The lowest BCUT2D eigenvalue weighted by Gasteiger charge is -2.93. The molecule has 7 aromatic rings. The molecule has 15 rings (SSSR count). The van der Waals surface area contributed by atoms with Crippen molar-refractivity contribution in [3.63, 3.8) is 0 Å². The highest BCUT2D eigenvalue weighted by Crippen LogP contribution is 2.93. The molecule has 8 aliphatic carbocycles.